The van der Waals surface area contributed by atoms with Crippen molar-refractivity contribution in [3.8, 4) is 17.2 Å². The fourth-order valence-corrected chi connectivity index (χ4v) is 1.89. The molecule has 1 aromatic heterocycles. The number of ether oxygens (including phenoxy) is 2. The van der Waals surface area contributed by atoms with Crippen molar-refractivity contribution in [1.82, 2.24) is 4.98 Å². The molecule has 0 amide bonds. The van der Waals surface area contributed by atoms with E-state index in [1.54, 1.807) is 19.4 Å². The molecule has 2 aromatic carbocycles. The summed E-state index contributed by atoms with van der Waals surface area (Å²) in [4.78, 5) is 4.28. The number of methoxy groups -OCH3 is 1. The van der Waals surface area contributed by atoms with Crippen LogP contribution in [0, 0.1) is 6.07 Å². The molecule has 0 fully saturated rings. The van der Waals surface area contributed by atoms with E-state index >= 15 is 0 Å². The first-order valence-corrected chi connectivity index (χ1v) is 5.94. The van der Waals surface area contributed by atoms with Crippen molar-refractivity contribution in [2.45, 2.75) is 0 Å². The van der Waals surface area contributed by atoms with Gasteiger partial charge in [0.15, 0.2) is 0 Å². The van der Waals surface area contributed by atoms with Gasteiger partial charge in [-0.15, -0.1) is 0 Å². The first kappa shape index (κ1) is 11.5. The third kappa shape index (κ3) is 2.36. The van der Waals surface area contributed by atoms with E-state index in [9.17, 15) is 0 Å². The van der Waals surface area contributed by atoms with Gasteiger partial charge < -0.3 is 9.47 Å². The molecule has 3 rings (SSSR count). The van der Waals surface area contributed by atoms with Crippen LogP contribution in [0.3, 0.4) is 0 Å². The van der Waals surface area contributed by atoms with Crippen LogP contribution in [-0.2, 0) is 0 Å². The number of rotatable bonds is 3. The molecule has 0 atom stereocenters. The molecule has 3 heteroatoms. The van der Waals surface area contributed by atoms with Crippen molar-refractivity contribution in [3.63, 3.8) is 0 Å². The van der Waals surface area contributed by atoms with Crippen LogP contribution in [0.25, 0.3) is 10.9 Å². The molecule has 0 bridgehead atoms. The Labute approximate surface area is 111 Å². The zero-order valence-corrected chi connectivity index (χ0v) is 10.5. The summed E-state index contributed by atoms with van der Waals surface area (Å²) >= 11 is 0. The van der Waals surface area contributed by atoms with Crippen LogP contribution < -0.4 is 9.47 Å². The number of benzene rings is 2. The standard InChI is InChI=1S/C16H12NO2/c1-18-12-5-2-6-13(11-12)19-16-9-3-8-15-14(16)7-4-10-17-15/h2-6,8-11H,1H3. The summed E-state index contributed by atoms with van der Waals surface area (Å²) in [5.74, 6) is 2.22. The van der Waals surface area contributed by atoms with Crippen molar-refractivity contribution < 1.29 is 9.47 Å². The lowest BCUT2D eigenvalue weighted by atomic mass is 10.2. The maximum Gasteiger partial charge on any atom is 0.137 e. The maximum absolute atomic E-state index is 5.88. The Morgan fingerprint density at radius 1 is 1.05 bits per heavy atom. The van der Waals surface area contributed by atoms with E-state index in [1.165, 1.54) is 0 Å². The molecule has 0 aliphatic carbocycles. The second-order valence-corrected chi connectivity index (χ2v) is 4.02. The lowest BCUT2D eigenvalue weighted by molar-refractivity contribution is 0.409. The van der Waals surface area contributed by atoms with Crippen LogP contribution in [0.2, 0.25) is 0 Å². The summed E-state index contributed by atoms with van der Waals surface area (Å²) in [7, 11) is 1.63. The van der Waals surface area contributed by atoms with Crippen molar-refractivity contribution in [2.24, 2.45) is 0 Å². The summed E-state index contributed by atoms with van der Waals surface area (Å²) in [5.41, 5.74) is 0.864. The van der Waals surface area contributed by atoms with Gasteiger partial charge in [-0.25, -0.2) is 0 Å². The van der Waals surface area contributed by atoms with E-state index in [4.69, 9.17) is 9.47 Å². The van der Waals surface area contributed by atoms with Gasteiger partial charge in [0.2, 0.25) is 0 Å². The fraction of sp³-hybridized carbons (Fsp3) is 0.0625. The summed E-state index contributed by atoms with van der Waals surface area (Å²) in [6.07, 6.45) is 1.72. The van der Waals surface area contributed by atoms with Gasteiger partial charge >= 0.3 is 0 Å². The quantitative estimate of drug-likeness (QED) is 0.707. The van der Waals surface area contributed by atoms with Crippen LogP contribution in [0.4, 0.5) is 0 Å². The van der Waals surface area contributed by atoms with Crippen LogP contribution in [-0.4, -0.2) is 12.1 Å². The number of hydrogen-bond acceptors (Lipinski definition) is 3. The Morgan fingerprint density at radius 2 is 1.89 bits per heavy atom. The normalized spacial score (nSPS) is 10.4. The van der Waals surface area contributed by atoms with Gasteiger partial charge in [0, 0.05) is 12.3 Å². The second kappa shape index (κ2) is 4.98. The smallest absolute Gasteiger partial charge is 0.137 e. The predicted molar refractivity (Wildman–Crippen MR) is 73.6 cm³/mol. The number of pyridine rings is 1. The molecule has 93 valence electrons. The second-order valence-electron chi connectivity index (χ2n) is 4.02. The van der Waals surface area contributed by atoms with Crippen molar-refractivity contribution in [1.29, 1.82) is 0 Å². The van der Waals surface area contributed by atoms with Gasteiger partial charge in [-0.2, -0.15) is 0 Å². The van der Waals surface area contributed by atoms with Crippen LogP contribution in [0.15, 0.2) is 54.7 Å². The van der Waals surface area contributed by atoms with E-state index in [0.717, 1.165) is 28.2 Å². The number of hydrogen-bond donors (Lipinski definition) is 0. The van der Waals surface area contributed by atoms with Crippen LogP contribution in [0.5, 0.6) is 17.2 Å². The van der Waals surface area contributed by atoms with Gasteiger partial charge in [-0.05, 0) is 36.4 Å². The zero-order chi connectivity index (χ0) is 13.1. The number of aromatic nitrogens is 1. The van der Waals surface area contributed by atoms with Gasteiger partial charge in [0.25, 0.3) is 0 Å². The summed E-state index contributed by atoms with van der Waals surface area (Å²) < 4.78 is 11.1. The summed E-state index contributed by atoms with van der Waals surface area (Å²) in [6, 6.07) is 18.2. The number of nitrogens with zero attached hydrogens (tertiary/aromatic N) is 1. The molecule has 1 heterocycles. The molecule has 3 nitrogen and oxygen atoms in total. The average Bonchev–Trinajstić information content (AvgIpc) is 2.48. The topological polar surface area (TPSA) is 31.4 Å². The SMILES string of the molecule is COc1cccc(Oc2cccc3ncc[c]c23)c1. The van der Waals surface area contributed by atoms with Gasteiger partial charge in [0.1, 0.15) is 17.2 Å². The van der Waals surface area contributed by atoms with E-state index in [0.29, 0.717) is 0 Å². The molecule has 0 unspecified atom stereocenters. The molecule has 19 heavy (non-hydrogen) atoms. The summed E-state index contributed by atoms with van der Waals surface area (Å²) in [6.45, 7) is 0. The lowest BCUT2D eigenvalue weighted by Gasteiger charge is -2.09. The van der Waals surface area contributed by atoms with E-state index in [2.05, 4.69) is 11.1 Å². The Kier molecular flexibility index (Phi) is 3.02. The molecular weight excluding hydrogens is 238 g/mol. The Balaban J connectivity index is 2.01. The summed E-state index contributed by atoms with van der Waals surface area (Å²) in [5, 5.41) is 0.868. The van der Waals surface area contributed by atoms with Crippen molar-refractivity contribution >= 4 is 10.9 Å². The predicted octanol–water partition coefficient (Wildman–Crippen LogP) is 3.84. The van der Waals surface area contributed by atoms with E-state index in [1.807, 2.05) is 42.5 Å². The molecular formula is C16H12NO2. The number of fused-ring (bicyclic) bond motifs is 1. The molecule has 1 radical (unpaired) electrons. The first-order chi connectivity index (χ1) is 9.36. The highest BCUT2D eigenvalue weighted by Crippen LogP contribution is 2.30. The monoisotopic (exact) mass is 250 g/mol. The van der Waals surface area contributed by atoms with Crippen molar-refractivity contribution in [3.05, 3.63) is 60.8 Å². The Morgan fingerprint density at radius 3 is 2.79 bits per heavy atom. The molecule has 0 saturated heterocycles. The highest BCUT2D eigenvalue weighted by molar-refractivity contribution is 5.84. The van der Waals surface area contributed by atoms with Gasteiger partial charge in [0.05, 0.1) is 18.0 Å². The minimum atomic E-state index is 0.726. The maximum atomic E-state index is 5.88. The van der Waals surface area contributed by atoms with E-state index in [-0.39, 0.29) is 0 Å². The van der Waals surface area contributed by atoms with Crippen LogP contribution >= 0.6 is 0 Å². The minimum Gasteiger partial charge on any atom is -0.497 e. The molecule has 3 aromatic rings. The first-order valence-electron chi connectivity index (χ1n) is 5.94. The van der Waals surface area contributed by atoms with Crippen LogP contribution in [0.1, 0.15) is 0 Å². The third-order valence-electron chi connectivity index (χ3n) is 2.79. The molecule has 0 aliphatic rings. The Hall–Kier alpha value is -2.55. The van der Waals surface area contributed by atoms with E-state index < -0.39 is 0 Å². The van der Waals surface area contributed by atoms with Crippen molar-refractivity contribution in [2.75, 3.05) is 7.11 Å². The highest BCUT2D eigenvalue weighted by atomic mass is 16.5. The average molecular weight is 250 g/mol. The zero-order valence-electron chi connectivity index (χ0n) is 10.5. The van der Waals surface area contributed by atoms with Gasteiger partial charge in [-0.3, -0.25) is 4.98 Å². The molecule has 0 aliphatic heterocycles. The highest BCUT2D eigenvalue weighted by Gasteiger charge is 2.04. The molecule has 0 spiro atoms. The fourth-order valence-electron chi connectivity index (χ4n) is 1.89. The third-order valence-corrected chi connectivity index (χ3v) is 2.79. The largest absolute Gasteiger partial charge is 0.497 e. The lowest BCUT2D eigenvalue weighted by Crippen LogP contribution is -1.88. The molecule has 0 saturated carbocycles. The Bertz CT molecular complexity index is 704. The molecule has 0 N–H and O–H groups in total. The van der Waals surface area contributed by atoms with Gasteiger partial charge in [-0.1, -0.05) is 12.1 Å². The minimum absolute atomic E-state index is 0.726.